The molecule has 0 atom stereocenters. The van der Waals surface area contributed by atoms with Gasteiger partial charge in [0, 0.05) is 36.6 Å². The van der Waals surface area contributed by atoms with E-state index in [1.807, 2.05) is 53.6 Å². The van der Waals surface area contributed by atoms with Gasteiger partial charge in [0.15, 0.2) is 0 Å². The van der Waals surface area contributed by atoms with Crippen LogP contribution >= 0.6 is 0 Å². The third-order valence-corrected chi connectivity index (χ3v) is 5.15. The van der Waals surface area contributed by atoms with Crippen molar-refractivity contribution >= 4 is 11.9 Å². The Labute approximate surface area is 169 Å². The van der Waals surface area contributed by atoms with Gasteiger partial charge in [-0.15, -0.1) is 0 Å². The number of aromatic nitrogens is 2. The lowest BCUT2D eigenvalue weighted by Crippen LogP contribution is -2.32. The van der Waals surface area contributed by atoms with E-state index in [-0.39, 0.29) is 17.9 Å². The molecule has 4 rings (SSSR count). The molecule has 0 spiro atoms. The zero-order valence-electron chi connectivity index (χ0n) is 16.5. The molecule has 2 aromatic heterocycles. The smallest absolute Gasteiger partial charge is 0.354 e. The Morgan fingerprint density at radius 2 is 1.97 bits per heavy atom. The third-order valence-electron chi connectivity index (χ3n) is 5.15. The van der Waals surface area contributed by atoms with E-state index >= 15 is 0 Å². The maximum atomic E-state index is 13.3. The number of rotatable bonds is 6. The summed E-state index contributed by atoms with van der Waals surface area (Å²) in [6, 6.07) is 15.3. The highest BCUT2D eigenvalue weighted by atomic mass is 16.5. The number of carbonyl (C=O) groups is 2. The molecule has 1 aliphatic carbocycles. The fourth-order valence-electron chi connectivity index (χ4n) is 3.45. The van der Waals surface area contributed by atoms with Crippen molar-refractivity contribution in [1.29, 1.82) is 0 Å². The molecule has 1 fully saturated rings. The molecule has 2 heterocycles. The van der Waals surface area contributed by atoms with Crippen LogP contribution in [0.1, 0.15) is 39.4 Å². The van der Waals surface area contributed by atoms with Gasteiger partial charge in [-0.3, -0.25) is 9.78 Å². The van der Waals surface area contributed by atoms with Gasteiger partial charge in [0.05, 0.1) is 19.3 Å². The summed E-state index contributed by atoms with van der Waals surface area (Å²) < 4.78 is 6.55. The predicted octanol–water partition coefficient (Wildman–Crippen LogP) is 3.68. The molecule has 0 aliphatic heterocycles. The molecule has 1 amide bonds. The van der Waals surface area contributed by atoms with Crippen LogP contribution in [-0.2, 0) is 18.3 Å². The number of pyridine rings is 1. The van der Waals surface area contributed by atoms with Crippen LogP contribution in [0.2, 0.25) is 0 Å². The Bertz CT molecular complexity index is 1040. The first kappa shape index (κ1) is 18.9. The first-order valence-electron chi connectivity index (χ1n) is 9.63. The molecule has 0 bridgehead atoms. The second-order valence-corrected chi connectivity index (χ2v) is 7.28. The highest BCUT2D eigenvalue weighted by Gasteiger charge is 2.33. The molecular weight excluding hydrogens is 366 g/mol. The van der Waals surface area contributed by atoms with Crippen LogP contribution in [-0.4, -0.2) is 39.5 Å². The van der Waals surface area contributed by atoms with E-state index in [1.54, 1.807) is 23.9 Å². The van der Waals surface area contributed by atoms with E-state index in [1.165, 1.54) is 7.11 Å². The third kappa shape index (κ3) is 4.06. The minimum atomic E-state index is -0.388. The number of esters is 1. The molecule has 1 aromatic carbocycles. The van der Waals surface area contributed by atoms with Gasteiger partial charge in [0.1, 0.15) is 5.69 Å². The number of amides is 1. The molecule has 6 nitrogen and oxygen atoms in total. The minimum absolute atomic E-state index is 0.00382. The highest BCUT2D eigenvalue weighted by Crippen LogP contribution is 2.30. The van der Waals surface area contributed by atoms with Crippen molar-refractivity contribution in [3.8, 4) is 11.1 Å². The van der Waals surface area contributed by atoms with Crippen molar-refractivity contribution in [2.75, 3.05) is 7.11 Å². The monoisotopic (exact) mass is 389 g/mol. The van der Waals surface area contributed by atoms with Crippen LogP contribution in [0.15, 0.2) is 60.9 Å². The van der Waals surface area contributed by atoms with E-state index in [4.69, 9.17) is 4.74 Å². The van der Waals surface area contributed by atoms with E-state index in [0.717, 1.165) is 29.7 Å². The summed E-state index contributed by atoms with van der Waals surface area (Å²) in [6.45, 7) is 0.506. The summed E-state index contributed by atoms with van der Waals surface area (Å²) in [6.07, 6.45) is 5.67. The Morgan fingerprint density at radius 3 is 2.66 bits per heavy atom. The van der Waals surface area contributed by atoms with Crippen molar-refractivity contribution in [2.45, 2.75) is 25.4 Å². The number of hydrogen-bond acceptors (Lipinski definition) is 4. The highest BCUT2D eigenvalue weighted by molar-refractivity contribution is 5.96. The molecule has 0 unspecified atom stereocenters. The van der Waals surface area contributed by atoms with Gasteiger partial charge in [0.2, 0.25) is 0 Å². The lowest BCUT2D eigenvalue weighted by molar-refractivity contribution is 0.0589. The molecule has 1 aliphatic rings. The zero-order chi connectivity index (χ0) is 20.4. The van der Waals surface area contributed by atoms with Crippen molar-refractivity contribution < 1.29 is 14.3 Å². The maximum absolute atomic E-state index is 13.3. The van der Waals surface area contributed by atoms with E-state index in [0.29, 0.717) is 17.8 Å². The second kappa shape index (κ2) is 7.91. The summed E-state index contributed by atoms with van der Waals surface area (Å²) >= 11 is 0. The van der Waals surface area contributed by atoms with Gasteiger partial charge in [-0.05, 0) is 48.7 Å². The summed E-state index contributed by atoms with van der Waals surface area (Å²) in [5, 5.41) is 0. The first-order chi connectivity index (χ1) is 14.1. The lowest BCUT2D eigenvalue weighted by Gasteiger charge is -2.22. The molecular formula is C23H23N3O3. The summed E-state index contributed by atoms with van der Waals surface area (Å²) in [7, 11) is 3.16. The molecule has 29 heavy (non-hydrogen) atoms. The number of methoxy groups -OCH3 is 1. The van der Waals surface area contributed by atoms with E-state index in [2.05, 4.69) is 4.98 Å². The molecule has 0 radical (unpaired) electrons. The van der Waals surface area contributed by atoms with Gasteiger partial charge < -0.3 is 14.2 Å². The van der Waals surface area contributed by atoms with Gasteiger partial charge in [0.25, 0.3) is 5.91 Å². The van der Waals surface area contributed by atoms with E-state index in [9.17, 15) is 9.59 Å². The van der Waals surface area contributed by atoms with Gasteiger partial charge >= 0.3 is 5.97 Å². The SMILES string of the molecule is COC(=O)c1cc(-c2cccc(C(=O)N(Cc3ccccn3)C3CC3)c2)cn1C. The summed E-state index contributed by atoms with van der Waals surface area (Å²) in [4.78, 5) is 31.4. The van der Waals surface area contributed by atoms with Crippen molar-refractivity contribution in [3.05, 3.63) is 77.9 Å². The second-order valence-electron chi connectivity index (χ2n) is 7.28. The van der Waals surface area contributed by atoms with Crippen LogP contribution in [0.3, 0.4) is 0 Å². The van der Waals surface area contributed by atoms with Crippen molar-refractivity contribution in [1.82, 2.24) is 14.5 Å². The van der Waals surface area contributed by atoms with Gasteiger partial charge in [-0.1, -0.05) is 18.2 Å². The number of nitrogens with zero attached hydrogens (tertiary/aromatic N) is 3. The maximum Gasteiger partial charge on any atom is 0.354 e. The van der Waals surface area contributed by atoms with Crippen molar-refractivity contribution in [3.63, 3.8) is 0 Å². The zero-order valence-corrected chi connectivity index (χ0v) is 16.5. The normalized spacial score (nSPS) is 13.2. The minimum Gasteiger partial charge on any atom is -0.464 e. The fourth-order valence-corrected chi connectivity index (χ4v) is 3.45. The topological polar surface area (TPSA) is 64.4 Å². The summed E-state index contributed by atoms with van der Waals surface area (Å²) in [5.74, 6) is -0.384. The van der Waals surface area contributed by atoms with Crippen LogP contribution < -0.4 is 0 Å². The molecule has 1 saturated carbocycles. The standard InChI is InChI=1S/C23H23N3O3/c1-25-14-18(13-21(25)23(28)29-2)16-6-5-7-17(12-16)22(27)26(20-9-10-20)15-19-8-3-4-11-24-19/h3-8,11-14,20H,9-10,15H2,1-2H3. The Morgan fingerprint density at radius 1 is 1.14 bits per heavy atom. The Kier molecular flexibility index (Phi) is 5.16. The first-order valence-corrected chi connectivity index (χ1v) is 9.63. The molecule has 148 valence electrons. The van der Waals surface area contributed by atoms with Crippen molar-refractivity contribution in [2.24, 2.45) is 7.05 Å². The average Bonchev–Trinajstić information content (AvgIpc) is 3.53. The predicted molar refractivity (Wildman–Crippen MR) is 109 cm³/mol. The largest absolute Gasteiger partial charge is 0.464 e. The van der Waals surface area contributed by atoms with Crippen LogP contribution in [0, 0.1) is 0 Å². The molecule has 0 N–H and O–H groups in total. The summed E-state index contributed by atoms with van der Waals surface area (Å²) in [5.41, 5.74) is 3.73. The van der Waals surface area contributed by atoms with Crippen LogP contribution in [0.4, 0.5) is 0 Å². The van der Waals surface area contributed by atoms with Crippen LogP contribution in [0.5, 0.6) is 0 Å². The van der Waals surface area contributed by atoms with Gasteiger partial charge in [-0.2, -0.15) is 0 Å². The van der Waals surface area contributed by atoms with Gasteiger partial charge in [-0.25, -0.2) is 4.79 Å². The quantitative estimate of drug-likeness (QED) is 0.604. The number of aryl methyl sites for hydroxylation is 1. The van der Waals surface area contributed by atoms with Crippen LogP contribution in [0.25, 0.3) is 11.1 Å². The average molecular weight is 389 g/mol. The fraction of sp³-hybridized carbons (Fsp3) is 0.261. The van der Waals surface area contributed by atoms with E-state index < -0.39 is 0 Å². The lowest BCUT2D eigenvalue weighted by atomic mass is 10.0. The molecule has 0 saturated heterocycles. The number of carbonyl (C=O) groups excluding carboxylic acids is 2. The number of hydrogen-bond donors (Lipinski definition) is 0. The molecule has 6 heteroatoms. The molecule has 3 aromatic rings. The number of benzene rings is 1. The Hall–Kier alpha value is -3.41. The number of ether oxygens (including phenoxy) is 1. The Balaban J connectivity index is 1.60.